The molecule has 2 aromatic rings. The number of hydrogen-bond acceptors (Lipinski definition) is 2. The van der Waals surface area contributed by atoms with Crippen LogP contribution in [0.15, 0.2) is 48.5 Å². The van der Waals surface area contributed by atoms with Crippen molar-refractivity contribution in [3.63, 3.8) is 0 Å². The molecule has 0 aliphatic rings. The fourth-order valence-electron chi connectivity index (χ4n) is 1.80. The first-order valence-corrected chi connectivity index (χ1v) is 6.68. The lowest BCUT2D eigenvalue weighted by atomic mass is 10.0. The van der Waals surface area contributed by atoms with Gasteiger partial charge in [0.25, 0.3) is 0 Å². The molecular weight excluding hydrogens is 274 g/mol. The molecule has 4 heteroatoms. The largest absolute Gasteiger partial charge is 0.325 e. The number of benzene rings is 2. The van der Waals surface area contributed by atoms with Crippen molar-refractivity contribution in [2.24, 2.45) is 0 Å². The quantitative estimate of drug-likeness (QED) is 0.866. The van der Waals surface area contributed by atoms with Crippen molar-refractivity contribution in [2.75, 3.05) is 5.32 Å². The average Bonchev–Trinajstić information content (AvgIpc) is 2.49. The maximum atomic E-state index is 12.5. The Morgan fingerprint density at radius 2 is 1.80 bits per heavy atom. The Kier molecular flexibility index (Phi) is 4.53. The van der Waals surface area contributed by atoms with E-state index in [1.165, 1.54) is 0 Å². The summed E-state index contributed by atoms with van der Waals surface area (Å²) in [5.74, 6) is -0.311. The molecule has 0 fully saturated rings. The first-order valence-electron chi connectivity index (χ1n) is 6.31. The molecule has 0 aliphatic heterocycles. The molecule has 0 radical (unpaired) electrons. The molecule has 0 heterocycles. The van der Waals surface area contributed by atoms with E-state index in [4.69, 9.17) is 11.6 Å². The number of rotatable bonds is 4. The summed E-state index contributed by atoms with van der Waals surface area (Å²) < 4.78 is 0. The molecule has 0 aromatic heterocycles. The zero-order valence-electron chi connectivity index (χ0n) is 11.0. The van der Waals surface area contributed by atoms with Gasteiger partial charge < -0.3 is 5.32 Å². The molecule has 0 unspecified atom stereocenters. The fourth-order valence-corrected chi connectivity index (χ4v) is 1.97. The van der Waals surface area contributed by atoms with Crippen LogP contribution < -0.4 is 5.32 Å². The summed E-state index contributed by atoms with van der Waals surface area (Å²) in [5, 5.41) is 3.18. The van der Waals surface area contributed by atoms with Crippen molar-refractivity contribution in [3.8, 4) is 0 Å². The Morgan fingerprint density at radius 1 is 1.10 bits per heavy atom. The van der Waals surface area contributed by atoms with E-state index >= 15 is 0 Å². The summed E-state index contributed by atoms with van der Waals surface area (Å²) in [7, 11) is 0. The maximum Gasteiger partial charge on any atom is 0.224 e. The summed E-state index contributed by atoms with van der Waals surface area (Å²) in [6.07, 6.45) is 0.349. The number of hydrogen-bond donors (Lipinski definition) is 1. The summed E-state index contributed by atoms with van der Waals surface area (Å²) in [6, 6.07) is 13.8. The van der Waals surface area contributed by atoms with Gasteiger partial charge in [0.05, 0.1) is 5.69 Å². The van der Waals surface area contributed by atoms with Crippen LogP contribution in [-0.4, -0.2) is 11.7 Å². The van der Waals surface area contributed by atoms with E-state index in [1.54, 1.807) is 49.4 Å². The van der Waals surface area contributed by atoms with Gasteiger partial charge in [-0.15, -0.1) is 0 Å². The van der Waals surface area contributed by atoms with Gasteiger partial charge in [0.15, 0.2) is 5.78 Å². The summed E-state index contributed by atoms with van der Waals surface area (Å²) in [5.41, 5.74) is 1.43. The Bertz CT molecular complexity index is 638. The van der Waals surface area contributed by atoms with Gasteiger partial charge in [0.1, 0.15) is 0 Å². The van der Waals surface area contributed by atoms with E-state index in [2.05, 4.69) is 5.32 Å². The van der Waals surface area contributed by atoms with Crippen molar-refractivity contribution in [3.05, 3.63) is 64.7 Å². The smallest absolute Gasteiger partial charge is 0.224 e. The monoisotopic (exact) mass is 287 g/mol. The van der Waals surface area contributed by atoms with Gasteiger partial charge in [0.2, 0.25) is 5.91 Å². The Balaban J connectivity index is 2.41. The lowest BCUT2D eigenvalue weighted by Crippen LogP contribution is -2.13. The molecule has 0 bridgehead atoms. The maximum absolute atomic E-state index is 12.5. The number of carbonyl (C=O) groups is 2. The molecular formula is C16H14ClNO2. The highest BCUT2D eigenvalue weighted by Crippen LogP contribution is 2.23. The van der Waals surface area contributed by atoms with Crippen molar-refractivity contribution in [1.82, 2.24) is 0 Å². The van der Waals surface area contributed by atoms with Crippen molar-refractivity contribution in [2.45, 2.75) is 13.3 Å². The highest BCUT2D eigenvalue weighted by Gasteiger charge is 2.15. The van der Waals surface area contributed by atoms with Gasteiger partial charge >= 0.3 is 0 Å². The van der Waals surface area contributed by atoms with Gasteiger partial charge in [-0.2, -0.15) is 0 Å². The van der Waals surface area contributed by atoms with E-state index < -0.39 is 0 Å². The normalized spacial score (nSPS) is 10.1. The first-order chi connectivity index (χ1) is 9.61. The highest BCUT2D eigenvalue weighted by atomic mass is 35.5. The van der Waals surface area contributed by atoms with Crippen LogP contribution in [0.5, 0.6) is 0 Å². The molecule has 1 N–H and O–H groups in total. The molecule has 2 rings (SSSR count). The molecule has 0 atom stereocenters. The molecule has 0 aliphatic carbocycles. The van der Waals surface area contributed by atoms with Crippen LogP contribution >= 0.6 is 11.6 Å². The summed E-state index contributed by atoms with van der Waals surface area (Å²) in [4.78, 5) is 24.0. The fraction of sp³-hybridized carbons (Fsp3) is 0.125. The zero-order valence-corrected chi connectivity index (χ0v) is 11.8. The minimum atomic E-state index is -0.167. The molecule has 0 spiro atoms. The molecule has 102 valence electrons. The van der Waals surface area contributed by atoms with Crippen LogP contribution in [0.2, 0.25) is 5.02 Å². The van der Waals surface area contributed by atoms with Crippen LogP contribution in [0.25, 0.3) is 0 Å². The lowest BCUT2D eigenvalue weighted by Gasteiger charge is -2.10. The van der Waals surface area contributed by atoms with Gasteiger partial charge in [-0.25, -0.2) is 0 Å². The Hall–Kier alpha value is -2.13. The number of halogens is 1. The number of nitrogens with one attached hydrogen (secondary N) is 1. The van der Waals surface area contributed by atoms with Crippen LogP contribution in [0.4, 0.5) is 5.69 Å². The van der Waals surface area contributed by atoms with Crippen molar-refractivity contribution >= 4 is 29.0 Å². The Morgan fingerprint density at radius 3 is 2.45 bits per heavy atom. The van der Waals surface area contributed by atoms with E-state index in [1.807, 2.05) is 6.07 Å². The number of amides is 1. The van der Waals surface area contributed by atoms with E-state index in [0.717, 1.165) is 0 Å². The van der Waals surface area contributed by atoms with Crippen molar-refractivity contribution in [1.29, 1.82) is 0 Å². The van der Waals surface area contributed by atoms with Gasteiger partial charge in [-0.05, 0) is 18.2 Å². The highest BCUT2D eigenvalue weighted by molar-refractivity contribution is 6.31. The second-order valence-corrected chi connectivity index (χ2v) is 4.72. The summed E-state index contributed by atoms with van der Waals surface area (Å²) in [6.45, 7) is 1.75. The van der Waals surface area contributed by atoms with Gasteiger partial charge in [0, 0.05) is 22.6 Å². The van der Waals surface area contributed by atoms with Crippen molar-refractivity contribution < 1.29 is 9.59 Å². The van der Waals surface area contributed by atoms with E-state index in [-0.39, 0.29) is 11.7 Å². The number of anilines is 1. The Labute approximate surface area is 122 Å². The topological polar surface area (TPSA) is 46.2 Å². The van der Waals surface area contributed by atoms with Crippen LogP contribution in [-0.2, 0) is 4.79 Å². The predicted octanol–water partition coefficient (Wildman–Crippen LogP) is 3.92. The molecule has 0 saturated carbocycles. The first kappa shape index (κ1) is 14.3. The standard InChI is InChI=1S/C16H14ClNO2/c1-2-15(19)18-14-9-8-12(17)10-13(14)16(20)11-6-4-3-5-7-11/h3-10H,2H2,1H3,(H,18,19). The van der Waals surface area contributed by atoms with E-state index in [9.17, 15) is 9.59 Å². The SMILES string of the molecule is CCC(=O)Nc1ccc(Cl)cc1C(=O)c1ccccc1. The second-order valence-electron chi connectivity index (χ2n) is 4.29. The van der Waals surface area contributed by atoms with E-state index in [0.29, 0.717) is 28.3 Å². The molecule has 0 saturated heterocycles. The average molecular weight is 288 g/mol. The third kappa shape index (κ3) is 3.25. The molecule has 3 nitrogen and oxygen atoms in total. The molecule has 1 amide bonds. The predicted molar refractivity (Wildman–Crippen MR) is 80.2 cm³/mol. The molecule has 20 heavy (non-hydrogen) atoms. The second kappa shape index (κ2) is 6.35. The van der Waals surface area contributed by atoms with Gasteiger partial charge in [-0.3, -0.25) is 9.59 Å². The molecule has 2 aromatic carbocycles. The zero-order chi connectivity index (χ0) is 14.5. The minimum absolute atomic E-state index is 0.144. The van der Waals surface area contributed by atoms with Crippen LogP contribution in [0.3, 0.4) is 0 Å². The van der Waals surface area contributed by atoms with Crippen LogP contribution in [0, 0.1) is 0 Å². The third-order valence-corrected chi connectivity index (χ3v) is 3.09. The van der Waals surface area contributed by atoms with Crippen LogP contribution in [0.1, 0.15) is 29.3 Å². The number of carbonyl (C=O) groups excluding carboxylic acids is 2. The summed E-state index contributed by atoms with van der Waals surface area (Å²) >= 11 is 5.95. The third-order valence-electron chi connectivity index (χ3n) is 2.86. The van der Waals surface area contributed by atoms with Gasteiger partial charge in [-0.1, -0.05) is 48.9 Å². The number of ketones is 1. The minimum Gasteiger partial charge on any atom is -0.325 e. The lowest BCUT2D eigenvalue weighted by molar-refractivity contribution is -0.115.